The summed E-state index contributed by atoms with van der Waals surface area (Å²) in [5.41, 5.74) is 0. The smallest absolute Gasteiger partial charge is 0.527 e. The Balaban J connectivity index is 7.11. The summed E-state index contributed by atoms with van der Waals surface area (Å²) in [5, 5.41) is -8.17. The fraction of sp³-hybridized carbons (Fsp3) is 1.00. The molecule has 0 aliphatic rings. The van der Waals surface area contributed by atoms with Gasteiger partial charge in [0.2, 0.25) is 0 Å². The molecule has 0 bridgehead atoms. The van der Waals surface area contributed by atoms with Crippen LogP contribution in [0.15, 0.2) is 0 Å². The van der Waals surface area contributed by atoms with E-state index in [2.05, 4.69) is 0 Å². The summed E-state index contributed by atoms with van der Waals surface area (Å²) >= 11 is 0. The van der Waals surface area contributed by atoms with Gasteiger partial charge in [0, 0.05) is 0 Å². The van der Waals surface area contributed by atoms with Crippen LogP contribution < -0.4 is 0 Å². The van der Waals surface area contributed by atoms with Crippen LogP contribution in [-0.2, 0) is 14.9 Å². The molecule has 0 rings (SSSR count). The molecule has 0 unspecified atom stereocenters. The molecule has 0 saturated carbocycles. The fourth-order valence-electron chi connectivity index (χ4n) is 1.72. The van der Waals surface area contributed by atoms with E-state index >= 15 is 0 Å². The van der Waals surface area contributed by atoms with Crippen molar-refractivity contribution in [3.8, 4) is 0 Å². The van der Waals surface area contributed by atoms with Gasteiger partial charge in [0.05, 0.1) is 0 Å². The lowest BCUT2D eigenvalue weighted by atomic mass is 9.89. The van der Waals surface area contributed by atoms with Crippen molar-refractivity contribution in [1.29, 1.82) is 0 Å². The van der Waals surface area contributed by atoms with E-state index in [0.717, 1.165) is 4.74 Å². The SMILES string of the molecule is O=S(=O)([O-])C(F)(F)C(F)(F)C(F)(F)C(F)(F)C(F)(F)C(F)(F)C(F)(F)C(F)(F)C(F)(F)OC(F)(F)F. The molecule has 36 heavy (non-hydrogen) atoms. The Kier molecular flexibility index (Phi) is 7.83. The second kappa shape index (κ2) is 8.20. The van der Waals surface area contributed by atoms with Crippen LogP contribution >= 0.6 is 0 Å². The van der Waals surface area contributed by atoms with Gasteiger partial charge in [0.15, 0.2) is 10.1 Å². The lowest BCUT2D eigenvalue weighted by Crippen LogP contribution is -2.76. The average Bonchev–Trinajstić information content (AvgIpc) is 2.57. The van der Waals surface area contributed by atoms with Crippen LogP contribution in [-0.4, -0.2) is 72.2 Å². The summed E-state index contributed by atoms with van der Waals surface area (Å²) in [6, 6.07) is 0. The Morgan fingerprint density at radius 1 is 0.417 bits per heavy atom. The standard InChI is InChI=1S/C10HF21O4S/c11-1(12,3(15,16)5(19,20)7(23,24)9(27,28)36(32,33)34)2(13,14)4(17,18)6(21,22)8(25,26)35-10(29,30)31/h(H,32,33,34)/p-1. The lowest BCUT2D eigenvalue weighted by molar-refractivity contribution is -0.510. The Morgan fingerprint density at radius 3 is 0.861 bits per heavy atom. The first kappa shape index (κ1) is 34.4. The Morgan fingerprint density at radius 2 is 0.639 bits per heavy atom. The number of rotatable bonds is 10. The summed E-state index contributed by atoms with van der Waals surface area (Å²) in [6.45, 7) is 0. The number of alkyl halides is 21. The van der Waals surface area contributed by atoms with Gasteiger partial charge >= 0.3 is 59.2 Å². The average molecular weight is 615 g/mol. The van der Waals surface area contributed by atoms with Crippen LogP contribution in [0.5, 0.6) is 0 Å². The summed E-state index contributed by atoms with van der Waals surface area (Å²) in [5.74, 6) is -63.8. The summed E-state index contributed by atoms with van der Waals surface area (Å²) in [7, 11) is -8.34. The van der Waals surface area contributed by atoms with E-state index in [1.165, 1.54) is 0 Å². The minimum Gasteiger partial charge on any atom is -0.743 e. The van der Waals surface area contributed by atoms with E-state index in [0.29, 0.717) is 0 Å². The molecule has 0 saturated heterocycles. The third-order valence-electron chi connectivity index (χ3n) is 3.65. The quantitative estimate of drug-likeness (QED) is 0.234. The molecule has 0 aromatic rings. The van der Waals surface area contributed by atoms with Crippen molar-refractivity contribution in [2.75, 3.05) is 0 Å². The van der Waals surface area contributed by atoms with Crippen LogP contribution in [0.25, 0.3) is 0 Å². The summed E-state index contributed by atoms with van der Waals surface area (Å²) < 4.78 is 302. The number of halogens is 21. The number of ether oxygens (including phenoxy) is 1. The first-order valence-electron chi connectivity index (χ1n) is 7.08. The summed E-state index contributed by atoms with van der Waals surface area (Å²) in [4.78, 5) is 0. The monoisotopic (exact) mass is 615 g/mol. The van der Waals surface area contributed by atoms with Gasteiger partial charge < -0.3 is 4.55 Å². The third kappa shape index (κ3) is 4.38. The van der Waals surface area contributed by atoms with Crippen molar-refractivity contribution in [2.24, 2.45) is 0 Å². The van der Waals surface area contributed by atoms with Crippen molar-refractivity contribution >= 4 is 10.1 Å². The first-order valence-corrected chi connectivity index (χ1v) is 8.49. The molecule has 0 atom stereocenters. The molecule has 0 radical (unpaired) electrons. The third-order valence-corrected chi connectivity index (χ3v) is 4.54. The molecule has 218 valence electrons. The van der Waals surface area contributed by atoms with Gasteiger partial charge in [-0.2, -0.15) is 79.0 Å². The van der Waals surface area contributed by atoms with Crippen LogP contribution in [0.4, 0.5) is 92.2 Å². The van der Waals surface area contributed by atoms with Crippen LogP contribution in [0.2, 0.25) is 0 Å². The highest BCUT2D eigenvalue weighted by Gasteiger charge is 2.97. The predicted octanol–water partition coefficient (Wildman–Crippen LogP) is 5.70. The van der Waals surface area contributed by atoms with Gasteiger partial charge in [-0.3, -0.25) is 0 Å². The molecule has 26 heteroatoms. The normalized spacial score (nSPS) is 16.9. The van der Waals surface area contributed by atoms with Crippen LogP contribution in [0.1, 0.15) is 0 Å². The second-order valence-electron chi connectivity index (χ2n) is 6.06. The number of hydrogen-bond acceptors (Lipinski definition) is 4. The zero-order valence-corrected chi connectivity index (χ0v) is 15.8. The van der Waals surface area contributed by atoms with Gasteiger partial charge in [-0.15, -0.1) is 13.2 Å². The highest BCUT2D eigenvalue weighted by Crippen LogP contribution is 2.65. The Hall–Kier alpha value is -1.60. The molecule has 0 fully saturated rings. The predicted molar refractivity (Wildman–Crippen MR) is 61.4 cm³/mol. The molecular weight excluding hydrogens is 615 g/mol. The minimum atomic E-state index is -9.36. The molecule has 0 spiro atoms. The molecule has 0 aromatic carbocycles. The zero-order chi connectivity index (χ0) is 30.2. The molecular formula is C10F21O4S-. The largest absolute Gasteiger partial charge is 0.743 e. The molecule has 0 N–H and O–H groups in total. The van der Waals surface area contributed by atoms with E-state index in [-0.39, 0.29) is 0 Å². The van der Waals surface area contributed by atoms with Gasteiger partial charge in [-0.1, -0.05) is 0 Å². The fourth-order valence-corrected chi connectivity index (χ4v) is 2.16. The molecule has 0 aromatic heterocycles. The maximum absolute atomic E-state index is 13.3. The van der Waals surface area contributed by atoms with Crippen molar-refractivity contribution in [1.82, 2.24) is 0 Å². The van der Waals surface area contributed by atoms with Gasteiger partial charge in [0.25, 0.3) is 0 Å². The van der Waals surface area contributed by atoms with Crippen LogP contribution in [0, 0.1) is 0 Å². The van der Waals surface area contributed by atoms with E-state index in [9.17, 15) is 105 Å². The highest BCUT2D eigenvalue weighted by molar-refractivity contribution is 7.86. The maximum atomic E-state index is 13.3. The van der Waals surface area contributed by atoms with E-state index in [4.69, 9.17) is 0 Å². The molecule has 0 heterocycles. The van der Waals surface area contributed by atoms with Gasteiger partial charge in [0.1, 0.15) is 0 Å². The van der Waals surface area contributed by atoms with Crippen molar-refractivity contribution in [3.05, 3.63) is 0 Å². The van der Waals surface area contributed by atoms with E-state index in [1.54, 1.807) is 0 Å². The zero-order valence-electron chi connectivity index (χ0n) is 15.0. The highest BCUT2D eigenvalue weighted by atomic mass is 32.2. The van der Waals surface area contributed by atoms with Gasteiger partial charge in [-0.25, -0.2) is 13.2 Å². The lowest BCUT2D eigenvalue weighted by Gasteiger charge is -2.44. The first-order chi connectivity index (χ1) is 15.0. The van der Waals surface area contributed by atoms with Crippen molar-refractivity contribution in [3.63, 3.8) is 0 Å². The topological polar surface area (TPSA) is 66.4 Å². The van der Waals surface area contributed by atoms with Crippen LogP contribution in [0.3, 0.4) is 0 Å². The maximum Gasteiger partial charge on any atom is 0.527 e. The second-order valence-corrected chi connectivity index (χ2v) is 7.48. The number of hydrogen-bond donors (Lipinski definition) is 0. The van der Waals surface area contributed by atoms with E-state index < -0.39 is 69.3 Å². The Bertz CT molecular complexity index is 931. The molecule has 0 aliphatic heterocycles. The van der Waals surface area contributed by atoms with Crippen molar-refractivity contribution < 1.29 is 110 Å². The molecule has 4 nitrogen and oxygen atoms in total. The van der Waals surface area contributed by atoms with Crippen molar-refractivity contribution in [2.45, 2.75) is 59.2 Å². The Labute approximate surface area is 180 Å². The molecule has 0 aliphatic carbocycles. The van der Waals surface area contributed by atoms with Gasteiger partial charge in [-0.05, 0) is 0 Å². The summed E-state index contributed by atoms with van der Waals surface area (Å²) in [6.07, 6.45) is -15.4. The van der Waals surface area contributed by atoms with E-state index in [1.807, 2.05) is 0 Å². The minimum absolute atomic E-state index is 0.976. The molecule has 0 amide bonds.